The van der Waals surface area contributed by atoms with Crippen molar-refractivity contribution in [1.29, 1.82) is 0 Å². The molecule has 0 aliphatic rings. The van der Waals surface area contributed by atoms with Gasteiger partial charge in [-0.25, -0.2) is 12.7 Å². The van der Waals surface area contributed by atoms with Crippen molar-refractivity contribution in [1.82, 2.24) is 9.29 Å². The van der Waals surface area contributed by atoms with Gasteiger partial charge in [0.15, 0.2) is 0 Å². The number of benzene rings is 2. The molecule has 3 rings (SSSR count). The van der Waals surface area contributed by atoms with Gasteiger partial charge in [-0.1, -0.05) is 6.07 Å². The molecule has 0 radical (unpaired) electrons. The van der Waals surface area contributed by atoms with Gasteiger partial charge < -0.3 is 10.3 Å². The first kappa shape index (κ1) is 19.1. The summed E-state index contributed by atoms with van der Waals surface area (Å²) in [6.07, 6.45) is 0. The van der Waals surface area contributed by atoms with Crippen LogP contribution in [0.3, 0.4) is 0 Å². The number of H-pyrrole nitrogens is 1. The molecule has 142 valence electrons. The fraction of sp³-hybridized carbons (Fsp3) is 0.250. The number of aryl methyl sites for hydroxylation is 3. The van der Waals surface area contributed by atoms with Crippen LogP contribution < -0.4 is 5.32 Å². The summed E-state index contributed by atoms with van der Waals surface area (Å²) in [5, 5.41) is 3.80. The van der Waals surface area contributed by atoms with Crippen molar-refractivity contribution in [2.24, 2.45) is 0 Å². The number of carbonyl (C=O) groups excluding carboxylic acids is 1. The molecule has 1 amide bonds. The van der Waals surface area contributed by atoms with E-state index in [0.29, 0.717) is 16.8 Å². The lowest BCUT2D eigenvalue weighted by atomic mass is 10.1. The Kier molecular flexibility index (Phi) is 4.84. The molecule has 0 atom stereocenters. The summed E-state index contributed by atoms with van der Waals surface area (Å²) < 4.78 is 26.1. The van der Waals surface area contributed by atoms with E-state index in [1.165, 1.54) is 20.2 Å². The van der Waals surface area contributed by atoms with Gasteiger partial charge in [-0.2, -0.15) is 0 Å². The van der Waals surface area contributed by atoms with Crippen LogP contribution >= 0.6 is 0 Å². The van der Waals surface area contributed by atoms with Crippen molar-refractivity contribution in [3.63, 3.8) is 0 Å². The van der Waals surface area contributed by atoms with Crippen LogP contribution in [0.2, 0.25) is 0 Å². The smallest absolute Gasteiger partial charge is 0.255 e. The lowest BCUT2D eigenvalue weighted by Gasteiger charge is -2.15. The fourth-order valence-electron chi connectivity index (χ4n) is 2.96. The molecule has 0 fully saturated rings. The molecule has 0 aliphatic carbocycles. The Bertz CT molecular complexity index is 1140. The normalized spacial score (nSPS) is 11.9. The van der Waals surface area contributed by atoms with Gasteiger partial charge in [-0.15, -0.1) is 0 Å². The summed E-state index contributed by atoms with van der Waals surface area (Å²) in [4.78, 5) is 16.1. The van der Waals surface area contributed by atoms with E-state index in [9.17, 15) is 13.2 Å². The van der Waals surface area contributed by atoms with Crippen molar-refractivity contribution < 1.29 is 13.2 Å². The average Bonchev–Trinajstić information content (AvgIpc) is 2.90. The summed E-state index contributed by atoms with van der Waals surface area (Å²) in [6, 6.07) is 10.4. The minimum Gasteiger partial charge on any atom is -0.358 e. The number of sulfonamides is 1. The van der Waals surface area contributed by atoms with Crippen LogP contribution in [0.15, 0.2) is 41.3 Å². The maximum atomic E-state index is 12.7. The second-order valence-electron chi connectivity index (χ2n) is 6.86. The Labute approximate surface area is 159 Å². The minimum atomic E-state index is -3.58. The fourth-order valence-corrected chi connectivity index (χ4v) is 4.10. The Hall–Kier alpha value is -2.64. The van der Waals surface area contributed by atoms with Crippen LogP contribution in [0.5, 0.6) is 0 Å². The van der Waals surface area contributed by atoms with Crippen molar-refractivity contribution in [3.8, 4) is 0 Å². The molecule has 0 unspecified atom stereocenters. The van der Waals surface area contributed by atoms with E-state index in [1.807, 2.05) is 26.0 Å². The van der Waals surface area contributed by atoms with E-state index in [-0.39, 0.29) is 10.8 Å². The lowest BCUT2D eigenvalue weighted by molar-refractivity contribution is 0.102. The van der Waals surface area contributed by atoms with E-state index >= 15 is 0 Å². The number of hydrogen-bond donors (Lipinski definition) is 2. The zero-order valence-electron chi connectivity index (χ0n) is 16.0. The van der Waals surface area contributed by atoms with Gasteiger partial charge in [0.05, 0.1) is 4.90 Å². The maximum absolute atomic E-state index is 12.7. The van der Waals surface area contributed by atoms with Gasteiger partial charge >= 0.3 is 0 Å². The summed E-state index contributed by atoms with van der Waals surface area (Å²) >= 11 is 0. The minimum absolute atomic E-state index is 0.179. The number of nitrogens with zero attached hydrogens (tertiary/aromatic N) is 1. The van der Waals surface area contributed by atoms with Gasteiger partial charge in [0.1, 0.15) is 0 Å². The predicted molar refractivity (Wildman–Crippen MR) is 108 cm³/mol. The van der Waals surface area contributed by atoms with Gasteiger partial charge in [-0.05, 0) is 62.2 Å². The van der Waals surface area contributed by atoms with Crippen LogP contribution in [0.25, 0.3) is 10.9 Å². The average molecular weight is 385 g/mol. The number of rotatable bonds is 4. The number of amides is 1. The third-order valence-electron chi connectivity index (χ3n) is 4.78. The summed E-state index contributed by atoms with van der Waals surface area (Å²) in [6.45, 7) is 5.73. The van der Waals surface area contributed by atoms with Crippen LogP contribution in [0, 0.1) is 20.8 Å². The van der Waals surface area contributed by atoms with Crippen molar-refractivity contribution in [2.75, 3.05) is 19.4 Å². The third kappa shape index (κ3) is 3.48. The Morgan fingerprint density at radius 2 is 1.74 bits per heavy atom. The van der Waals surface area contributed by atoms with E-state index in [0.717, 1.165) is 26.5 Å². The zero-order valence-corrected chi connectivity index (χ0v) is 16.9. The second-order valence-corrected chi connectivity index (χ2v) is 8.98. The standard InChI is InChI=1S/C20H23N3O3S/c1-12-6-8-16(11-19(12)27(25,26)23(4)5)22-20(24)15-7-9-18-17(10-15)13(2)14(3)21-18/h6-11,21H,1-5H3,(H,22,24). The van der Waals surface area contributed by atoms with Crippen LogP contribution in [0.1, 0.15) is 27.2 Å². The molecule has 0 bridgehead atoms. The number of aromatic nitrogens is 1. The number of aromatic amines is 1. The Morgan fingerprint density at radius 1 is 1.04 bits per heavy atom. The SMILES string of the molecule is Cc1ccc(NC(=O)c2ccc3[nH]c(C)c(C)c3c2)cc1S(=O)(=O)N(C)C. The Balaban J connectivity index is 1.94. The molecule has 0 saturated carbocycles. The molecule has 27 heavy (non-hydrogen) atoms. The monoisotopic (exact) mass is 385 g/mol. The van der Waals surface area contributed by atoms with Gasteiger partial charge in [-0.3, -0.25) is 4.79 Å². The predicted octanol–water partition coefficient (Wildman–Crippen LogP) is 3.60. The van der Waals surface area contributed by atoms with Crippen molar-refractivity contribution in [3.05, 3.63) is 58.8 Å². The number of nitrogens with one attached hydrogen (secondary N) is 2. The second kappa shape index (κ2) is 6.83. The quantitative estimate of drug-likeness (QED) is 0.720. The van der Waals surface area contributed by atoms with Gasteiger partial charge in [0.2, 0.25) is 10.0 Å². The molecule has 0 aliphatic heterocycles. The molecule has 7 heteroatoms. The number of hydrogen-bond acceptors (Lipinski definition) is 3. The first-order valence-corrected chi connectivity index (χ1v) is 9.98. The van der Waals surface area contributed by atoms with Crippen LogP contribution in [0.4, 0.5) is 5.69 Å². The van der Waals surface area contributed by atoms with Crippen LogP contribution in [-0.4, -0.2) is 37.7 Å². The first-order valence-electron chi connectivity index (χ1n) is 8.54. The number of carbonyl (C=O) groups is 1. The largest absolute Gasteiger partial charge is 0.358 e. The topological polar surface area (TPSA) is 82.3 Å². The molecule has 1 heterocycles. The van der Waals surface area contributed by atoms with E-state index in [1.54, 1.807) is 25.1 Å². The highest BCUT2D eigenvalue weighted by Gasteiger charge is 2.20. The van der Waals surface area contributed by atoms with E-state index < -0.39 is 10.0 Å². The molecule has 2 N–H and O–H groups in total. The molecular weight excluding hydrogens is 362 g/mol. The summed E-state index contributed by atoms with van der Waals surface area (Å²) in [7, 11) is -0.619. The summed E-state index contributed by atoms with van der Waals surface area (Å²) in [5.74, 6) is -0.285. The molecule has 3 aromatic rings. The molecule has 1 aromatic heterocycles. The lowest BCUT2D eigenvalue weighted by Crippen LogP contribution is -2.23. The van der Waals surface area contributed by atoms with Gasteiger partial charge in [0, 0.05) is 41.9 Å². The number of fused-ring (bicyclic) bond motifs is 1. The first-order chi connectivity index (χ1) is 12.6. The van der Waals surface area contributed by atoms with Crippen molar-refractivity contribution >= 4 is 32.5 Å². The van der Waals surface area contributed by atoms with Crippen molar-refractivity contribution in [2.45, 2.75) is 25.7 Å². The molecule has 0 saturated heterocycles. The van der Waals surface area contributed by atoms with Gasteiger partial charge in [0.25, 0.3) is 5.91 Å². The van der Waals surface area contributed by atoms with E-state index in [2.05, 4.69) is 10.3 Å². The van der Waals surface area contributed by atoms with Crippen LogP contribution in [-0.2, 0) is 10.0 Å². The highest BCUT2D eigenvalue weighted by molar-refractivity contribution is 7.89. The highest BCUT2D eigenvalue weighted by atomic mass is 32.2. The molecular formula is C20H23N3O3S. The molecule has 2 aromatic carbocycles. The zero-order chi connectivity index (χ0) is 19.9. The number of anilines is 1. The van der Waals surface area contributed by atoms with E-state index in [4.69, 9.17) is 0 Å². The molecule has 0 spiro atoms. The highest BCUT2D eigenvalue weighted by Crippen LogP contribution is 2.25. The maximum Gasteiger partial charge on any atom is 0.255 e. The summed E-state index contributed by atoms with van der Waals surface area (Å²) in [5.41, 5.74) is 4.74. The molecule has 6 nitrogen and oxygen atoms in total. The Morgan fingerprint density at radius 3 is 2.41 bits per heavy atom. The third-order valence-corrected chi connectivity index (χ3v) is 6.73.